The molecule has 1 aromatic carbocycles. The van der Waals surface area contributed by atoms with Crippen LogP contribution in [-0.2, 0) is 14.4 Å². The van der Waals surface area contributed by atoms with Gasteiger partial charge in [-0.1, -0.05) is 39.0 Å². The van der Waals surface area contributed by atoms with Gasteiger partial charge >= 0.3 is 5.97 Å². The normalized spacial score (nSPS) is 47.1. The molecule has 1 aromatic rings. The maximum absolute atomic E-state index is 15.8. The lowest BCUT2D eigenvalue weighted by Crippen LogP contribution is -2.67. The smallest absolute Gasteiger partial charge is 0.339 e. The highest BCUT2D eigenvalue weighted by Gasteiger charge is 2.80. The number of rotatable bonds is 2. The molecule has 1 heterocycles. The summed E-state index contributed by atoms with van der Waals surface area (Å²) in [6.07, 6.45) is 3.43. The van der Waals surface area contributed by atoms with Crippen molar-refractivity contribution >= 4 is 17.4 Å². The minimum atomic E-state index is -1.53. The number of alkyl halides is 1. The number of hydrogen-bond donors (Lipinski definition) is 2. The van der Waals surface area contributed by atoms with Gasteiger partial charge in [0.1, 0.15) is 6.17 Å². The molecular formula is C29H34FNO5. The summed E-state index contributed by atoms with van der Waals surface area (Å²) in [6.45, 7) is 8.34. The van der Waals surface area contributed by atoms with Crippen molar-refractivity contribution in [2.75, 3.05) is 11.6 Å². The zero-order valence-corrected chi connectivity index (χ0v) is 21.2. The summed E-state index contributed by atoms with van der Waals surface area (Å²) in [6, 6.07) is 7.80. The Labute approximate surface area is 210 Å². The zero-order chi connectivity index (χ0) is 25.8. The molecule has 0 amide bonds. The number of carboxylic acids is 1. The molecule has 0 radical (unpaired) electrons. The van der Waals surface area contributed by atoms with E-state index in [4.69, 9.17) is 4.84 Å². The van der Waals surface area contributed by atoms with E-state index in [1.165, 1.54) is 12.2 Å². The van der Waals surface area contributed by atoms with E-state index in [0.29, 0.717) is 18.5 Å². The van der Waals surface area contributed by atoms with E-state index in [0.717, 1.165) is 11.3 Å². The van der Waals surface area contributed by atoms with E-state index in [1.807, 2.05) is 45.0 Å². The molecule has 6 rings (SSSR count). The van der Waals surface area contributed by atoms with Crippen LogP contribution in [0.2, 0.25) is 0 Å². The molecule has 36 heavy (non-hydrogen) atoms. The second-order valence-electron chi connectivity index (χ2n) is 12.4. The molecular weight excluding hydrogens is 461 g/mol. The number of halogens is 1. The molecule has 3 saturated carbocycles. The molecule has 6 nitrogen and oxygen atoms in total. The van der Waals surface area contributed by atoms with Crippen molar-refractivity contribution in [2.45, 2.75) is 64.8 Å². The van der Waals surface area contributed by atoms with E-state index in [2.05, 4.69) is 6.92 Å². The lowest BCUT2D eigenvalue weighted by molar-refractivity contribution is -0.225. The van der Waals surface area contributed by atoms with Crippen LogP contribution in [-0.4, -0.2) is 46.4 Å². The second kappa shape index (κ2) is 7.29. The fourth-order valence-corrected chi connectivity index (χ4v) is 9.10. The maximum Gasteiger partial charge on any atom is 0.339 e. The largest absolute Gasteiger partial charge is 0.479 e. The Balaban J connectivity index is 1.45. The Morgan fingerprint density at radius 3 is 2.67 bits per heavy atom. The molecule has 0 bridgehead atoms. The van der Waals surface area contributed by atoms with Crippen LogP contribution in [0.5, 0.6) is 0 Å². The molecule has 9 unspecified atom stereocenters. The molecule has 7 heteroatoms. The molecule has 9 atom stereocenters. The quantitative estimate of drug-likeness (QED) is 0.632. The molecule has 4 fully saturated rings. The molecule has 1 saturated heterocycles. The lowest BCUT2D eigenvalue weighted by Gasteiger charge is -2.64. The first-order chi connectivity index (χ1) is 16.9. The number of hydrogen-bond acceptors (Lipinski definition) is 5. The van der Waals surface area contributed by atoms with E-state index in [1.54, 1.807) is 11.1 Å². The third-order valence-electron chi connectivity index (χ3n) is 10.9. The SMILES string of the molecule is Cc1cccc(N2CC3CC4(C)C5CC(F)C6=CC(=O)C=CC6(C)C5C(O)CC4(C)C3(C(=O)O)O2)c1. The van der Waals surface area contributed by atoms with Crippen molar-refractivity contribution in [3.8, 4) is 0 Å². The second-order valence-corrected chi connectivity index (χ2v) is 12.4. The predicted molar refractivity (Wildman–Crippen MR) is 132 cm³/mol. The number of carbonyl (C=O) groups excluding carboxylic acids is 1. The van der Waals surface area contributed by atoms with Gasteiger partial charge in [0.2, 0.25) is 5.60 Å². The minimum absolute atomic E-state index is 0.167. The van der Waals surface area contributed by atoms with Crippen LogP contribution in [0, 0.1) is 40.9 Å². The van der Waals surface area contributed by atoms with Gasteiger partial charge in [0, 0.05) is 22.7 Å². The van der Waals surface area contributed by atoms with Gasteiger partial charge in [-0.25, -0.2) is 9.18 Å². The first-order valence-corrected chi connectivity index (χ1v) is 12.9. The Morgan fingerprint density at radius 1 is 1.22 bits per heavy atom. The Kier molecular flexibility index (Phi) is 4.83. The van der Waals surface area contributed by atoms with E-state index < -0.39 is 40.1 Å². The summed E-state index contributed by atoms with van der Waals surface area (Å²) < 4.78 is 15.8. The lowest BCUT2D eigenvalue weighted by atomic mass is 9.41. The van der Waals surface area contributed by atoms with Crippen molar-refractivity contribution in [2.24, 2.45) is 34.0 Å². The topological polar surface area (TPSA) is 87.1 Å². The Hall–Kier alpha value is -2.51. The van der Waals surface area contributed by atoms with Gasteiger partial charge in [-0.15, -0.1) is 0 Å². The monoisotopic (exact) mass is 495 g/mol. The van der Waals surface area contributed by atoms with Crippen molar-refractivity contribution in [3.05, 3.63) is 53.6 Å². The number of ketones is 1. The van der Waals surface area contributed by atoms with E-state index >= 15 is 4.39 Å². The summed E-state index contributed by atoms with van der Waals surface area (Å²) in [4.78, 5) is 31.7. The summed E-state index contributed by atoms with van der Waals surface area (Å²) in [5.74, 6) is -2.14. The van der Waals surface area contributed by atoms with Gasteiger partial charge in [0.25, 0.3) is 0 Å². The molecule has 1 aliphatic heterocycles. The fraction of sp³-hybridized carbons (Fsp3) is 0.586. The van der Waals surface area contributed by atoms with E-state index in [9.17, 15) is 19.8 Å². The molecule has 0 aromatic heterocycles. The van der Waals surface area contributed by atoms with Crippen LogP contribution >= 0.6 is 0 Å². The summed E-state index contributed by atoms with van der Waals surface area (Å²) in [5, 5.41) is 24.1. The van der Waals surface area contributed by atoms with Crippen molar-refractivity contribution in [1.82, 2.24) is 0 Å². The summed E-state index contributed by atoms with van der Waals surface area (Å²) in [7, 11) is 0. The molecule has 5 aliphatic rings. The molecule has 4 aliphatic carbocycles. The van der Waals surface area contributed by atoms with Gasteiger partial charge < -0.3 is 10.2 Å². The number of anilines is 1. The Bertz CT molecular complexity index is 1230. The first-order valence-electron chi connectivity index (χ1n) is 12.9. The third kappa shape index (κ3) is 2.68. The zero-order valence-electron chi connectivity index (χ0n) is 21.2. The van der Waals surface area contributed by atoms with Gasteiger partial charge in [-0.3, -0.25) is 14.7 Å². The number of benzene rings is 1. The van der Waals surface area contributed by atoms with Crippen molar-refractivity contribution in [1.29, 1.82) is 0 Å². The average molecular weight is 496 g/mol. The van der Waals surface area contributed by atoms with Crippen LogP contribution in [0.15, 0.2) is 48.1 Å². The number of carboxylic acid groups (broad SMARTS) is 1. The molecule has 192 valence electrons. The third-order valence-corrected chi connectivity index (χ3v) is 10.9. The number of aryl methyl sites for hydroxylation is 1. The van der Waals surface area contributed by atoms with Crippen LogP contribution in [0.3, 0.4) is 0 Å². The van der Waals surface area contributed by atoms with Crippen molar-refractivity contribution < 1.29 is 29.0 Å². The maximum atomic E-state index is 15.8. The average Bonchev–Trinajstić information content (AvgIpc) is 3.27. The number of nitrogens with zero attached hydrogens (tertiary/aromatic N) is 1. The number of aliphatic hydroxyl groups is 1. The van der Waals surface area contributed by atoms with Gasteiger partial charge in [-0.05, 0) is 72.9 Å². The van der Waals surface area contributed by atoms with Gasteiger partial charge in [0.15, 0.2) is 5.78 Å². The number of aliphatic carboxylic acids is 1. The number of aliphatic hydroxyl groups excluding tert-OH is 1. The minimum Gasteiger partial charge on any atom is -0.479 e. The van der Waals surface area contributed by atoms with Crippen LogP contribution in [0.1, 0.15) is 45.6 Å². The fourth-order valence-electron chi connectivity index (χ4n) is 9.10. The number of fused-ring (bicyclic) bond motifs is 7. The molecule has 0 spiro atoms. The highest BCUT2D eigenvalue weighted by molar-refractivity contribution is 6.01. The van der Waals surface area contributed by atoms with Crippen LogP contribution < -0.4 is 5.06 Å². The van der Waals surface area contributed by atoms with Gasteiger partial charge in [0.05, 0.1) is 18.3 Å². The predicted octanol–water partition coefficient (Wildman–Crippen LogP) is 4.41. The number of allylic oxidation sites excluding steroid dienone is 4. The number of carbonyl (C=O) groups is 2. The first kappa shape index (κ1) is 23.9. The van der Waals surface area contributed by atoms with E-state index in [-0.39, 0.29) is 36.4 Å². The highest BCUT2D eigenvalue weighted by Crippen LogP contribution is 2.76. The number of hydroxylamine groups is 1. The van der Waals surface area contributed by atoms with Crippen molar-refractivity contribution in [3.63, 3.8) is 0 Å². The molecule has 2 N–H and O–H groups in total. The Morgan fingerprint density at radius 2 is 1.97 bits per heavy atom. The van der Waals surface area contributed by atoms with Crippen LogP contribution in [0.25, 0.3) is 0 Å². The van der Waals surface area contributed by atoms with Crippen LogP contribution in [0.4, 0.5) is 10.1 Å². The summed E-state index contributed by atoms with van der Waals surface area (Å²) >= 11 is 0. The van der Waals surface area contributed by atoms with Gasteiger partial charge in [-0.2, -0.15) is 0 Å². The highest BCUT2D eigenvalue weighted by atomic mass is 19.1. The summed E-state index contributed by atoms with van der Waals surface area (Å²) in [5.41, 5.74) is -1.52. The standard InChI is InChI=1S/C29H34FNO5/c1-16-6-5-7-18(10-16)31-15-17-13-27(3)21-12-22(30)20-11-19(32)8-9-26(20,2)24(21)23(33)14-28(27,4)29(17,36-31)25(34)35/h5-11,17,21-24,33H,12-15H2,1-4H3,(H,34,35).